The SMILES string of the molecule is OC1(c2ccccn2)CCNCC1N1CC2CCC(C2)C1. The highest BCUT2D eigenvalue weighted by Gasteiger charge is 2.47. The molecule has 1 aliphatic carbocycles. The van der Waals surface area contributed by atoms with Gasteiger partial charge in [0.25, 0.3) is 0 Å². The van der Waals surface area contributed by atoms with Crippen LogP contribution in [0.5, 0.6) is 0 Å². The zero-order valence-electron chi connectivity index (χ0n) is 12.5. The Morgan fingerprint density at radius 1 is 1.24 bits per heavy atom. The Kier molecular flexibility index (Phi) is 3.48. The van der Waals surface area contributed by atoms with E-state index in [4.69, 9.17) is 0 Å². The summed E-state index contributed by atoms with van der Waals surface area (Å²) in [7, 11) is 0. The first-order valence-electron chi connectivity index (χ1n) is 8.34. The van der Waals surface area contributed by atoms with E-state index in [1.807, 2.05) is 18.2 Å². The van der Waals surface area contributed by atoms with E-state index in [1.54, 1.807) is 6.20 Å². The zero-order valence-corrected chi connectivity index (χ0v) is 12.5. The minimum absolute atomic E-state index is 0.157. The van der Waals surface area contributed by atoms with E-state index in [9.17, 15) is 5.11 Å². The Morgan fingerprint density at radius 2 is 2.05 bits per heavy atom. The molecule has 3 fully saturated rings. The van der Waals surface area contributed by atoms with E-state index in [0.717, 1.165) is 50.1 Å². The normalized spacial score (nSPS) is 40.3. The Hall–Kier alpha value is -0.970. The summed E-state index contributed by atoms with van der Waals surface area (Å²) < 4.78 is 0. The van der Waals surface area contributed by atoms with Crippen LogP contribution in [0, 0.1) is 11.8 Å². The van der Waals surface area contributed by atoms with Gasteiger partial charge < -0.3 is 10.4 Å². The monoisotopic (exact) mass is 287 g/mol. The van der Waals surface area contributed by atoms with Crippen LogP contribution in [-0.2, 0) is 5.60 Å². The molecule has 1 aromatic rings. The van der Waals surface area contributed by atoms with Gasteiger partial charge in [0.15, 0.2) is 0 Å². The molecule has 0 aromatic carbocycles. The number of nitrogens with one attached hydrogen (secondary N) is 1. The fourth-order valence-corrected chi connectivity index (χ4v) is 4.70. The lowest BCUT2D eigenvalue weighted by molar-refractivity contribution is -0.0861. The fourth-order valence-electron chi connectivity index (χ4n) is 4.70. The van der Waals surface area contributed by atoms with Crippen LogP contribution in [0.2, 0.25) is 0 Å². The Balaban J connectivity index is 1.62. The maximum atomic E-state index is 11.4. The highest BCUT2D eigenvalue weighted by Crippen LogP contribution is 2.40. The molecule has 4 rings (SSSR count). The van der Waals surface area contributed by atoms with E-state index in [1.165, 1.54) is 19.3 Å². The number of fused-ring (bicyclic) bond motifs is 2. The van der Waals surface area contributed by atoms with E-state index in [0.29, 0.717) is 0 Å². The van der Waals surface area contributed by atoms with Crippen molar-refractivity contribution in [1.29, 1.82) is 0 Å². The van der Waals surface area contributed by atoms with Crippen LogP contribution in [0.3, 0.4) is 0 Å². The molecule has 1 saturated carbocycles. The number of hydrogen-bond donors (Lipinski definition) is 2. The third-order valence-corrected chi connectivity index (χ3v) is 5.76. The first-order valence-corrected chi connectivity index (χ1v) is 8.34. The van der Waals surface area contributed by atoms with Gasteiger partial charge in [-0.3, -0.25) is 9.88 Å². The first-order chi connectivity index (χ1) is 10.3. The molecule has 1 aromatic heterocycles. The van der Waals surface area contributed by atoms with Crippen molar-refractivity contribution in [2.24, 2.45) is 11.8 Å². The molecule has 0 spiro atoms. The predicted octanol–water partition coefficient (Wildman–Crippen LogP) is 1.36. The highest BCUT2D eigenvalue weighted by molar-refractivity contribution is 5.18. The number of pyridine rings is 1. The second-order valence-electron chi connectivity index (χ2n) is 7.11. The van der Waals surface area contributed by atoms with Gasteiger partial charge in [-0.15, -0.1) is 0 Å². The second kappa shape index (κ2) is 5.34. The predicted molar refractivity (Wildman–Crippen MR) is 81.8 cm³/mol. The largest absolute Gasteiger partial charge is 0.382 e. The Labute approximate surface area is 126 Å². The van der Waals surface area contributed by atoms with E-state index < -0.39 is 5.60 Å². The van der Waals surface area contributed by atoms with E-state index in [2.05, 4.69) is 15.2 Å². The number of aliphatic hydroxyl groups is 1. The molecule has 2 saturated heterocycles. The quantitative estimate of drug-likeness (QED) is 0.862. The fraction of sp³-hybridized carbons (Fsp3) is 0.706. The number of aromatic nitrogens is 1. The maximum absolute atomic E-state index is 11.4. The van der Waals surface area contributed by atoms with Gasteiger partial charge in [0, 0.05) is 25.8 Å². The van der Waals surface area contributed by atoms with Crippen molar-refractivity contribution >= 4 is 0 Å². The van der Waals surface area contributed by atoms with Crippen molar-refractivity contribution < 1.29 is 5.11 Å². The van der Waals surface area contributed by atoms with Crippen molar-refractivity contribution in [1.82, 2.24) is 15.2 Å². The molecule has 2 aliphatic heterocycles. The molecule has 3 aliphatic rings. The molecular formula is C17H25N3O. The van der Waals surface area contributed by atoms with Crippen molar-refractivity contribution in [3.05, 3.63) is 30.1 Å². The van der Waals surface area contributed by atoms with Crippen LogP contribution in [0.4, 0.5) is 0 Å². The molecule has 4 heteroatoms. The molecule has 4 atom stereocenters. The molecule has 4 nitrogen and oxygen atoms in total. The van der Waals surface area contributed by atoms with Crippen LogP contribution in [0.1, 0.15) is 31.4 Å². The van der Waals surface area contributed by atoms with Gasteiger partial charge in [-0.25, -0.2) is 0 Å². The number of nitrogens with zero attached hydrogens (tertiary/aromatic N) is 2. The Morgan fingerprint density at radius 3 is 2.76 bits per heavy atom. The molecule has 3 heterocycles. The summed E-state index contributed by atoms with van der Waals surface area (Å²) in [4.78, 5) is 7.02. The number of piperidine rings is 2. The lowest BCUT2D eigenvalue weighted by Gasteiger charge is -2.48. The average molecular weight is 287 g/mol. The minimum atomic E-state index is -0.802. The van der Waals surface area contributed by atoms with E-state index in [-0.39, 0.29) is 6.04 Å². The molecule has 2 bridgehead atoms. The standard InChI is InChI=1S/C17H25N3O/c21-17(15-3-1-2-7-19-15)6-8-18-10-16(17)20-11-13-4-5-14(9-13)12-20/h1-3,7,13-14,16,18,21H,4-6,8-12H2. The van der Waals surface area contributed by atoms with Crippen LogP contribution >= 0.6 is 0 Å². The van der Waals surface area contributed by atoms with Crippen molar-refractivity contribution in [2.75, 3.05) is 26.2 Å². The molecule has 4 unspecified atom stereocenters. The summed E-state index contributed by atoms with van der Waals surface area (Å²) >= 11 is 0. The van der Waals surface area contributed by atoms with Gasteiger partial charge in [-0.2, -0.15) is 0 Å². The molecule has 2 N–H and O–H groups in total. The van der Waals surface area contributed by atoms with Crippen molar-refractivity contribution in [2.45, 2.75) is 37.3 Å². The highest BCUT2D eigenvalue weighted by atomic mass is 16.3. The van der Waals surface area contributed by atoms with Crippen LogP contribution in [-0.4, -0.2) is 47.2 Å². The third kappa shape index (κ3) is 2.39. The van der Waals surface area contributed by atoms with Crippen LogP contribution in [0.15, 0.2) is 24.4 Å². The van der Waals surface area contributed by atoms with Gasteiger partial charge in [-0.05, 0) is 56.2 Å². The third-order valence-electron chi connectivity index (χ3n) is 5.76. The first kappa shape index (κ1) is 13.7. The molecular weight excluding hydrogens is 262 g/mol. The summed E-state index contributed by atoms with van der Waals surface area (Å²) in [5, 5.41) is 14.9. The average Bonchev–Trinajstić information content (AvgIpc) is 2.87. The zero-order chi connectivity index (χ0) is 14.3. The van der Waals surface area contributed by atoms with Crippen LogP contribution < -0.4 is 5.32 Å². The molecule has 114 valence electrons. The number of rotatable bonds is 2. The topological polar surface area (TPSA) is 48.4 Å². The van der Waals surface area contributed by atoms with Gasteiger partial charge in [-0.1, -0.05) is 6.07 Å². The summed E-state index contributed by atoms with van der Waals surface area (Å²) in [6, 6.07) is 6.05. The summed E-state index contributed by atoms with van der Waals surface area (Å²) in [5.41, 5.74) is 0.0398. The van der Waals surface area contributed by atoms with Gasteiger partial charge in [0.05, 0.1) is 11.7 Å². The van der Waals surface area contributed by atoms with Gasteiger partial charge in [0.1, 0.15) is 5.60 Å². The Bertz CT molecular complexity index is 482. The van der Waals surface area contributed by atoms with Crippen LogP contribution in [0.25, 0.3) is 0 Å². The van der Waals surface area contributed by atoms with Crippen molar-refractivity contribution in [3.63, 3.8) is 0 Å². The molecule has 21 heavy (non-hydrogen) atoms. The van der Waals surface area contributed by atoms with Gasteiger partial charge >= 0.3 is 0 Å². The van der Waals surface area contributed by atoms with Gasteiger partial charge in [0.2, 0.25) is 0 Å². The summed E-state index contributed by atoms with van der Waals surface area (Å²) in [6.07, 6.45) is 6.71. The molecule has 0 radical (unpaired) electrons. The summed E-state index contributed by atoms with van der Waals surface area (Å²) in [5.74, 6) is 1.69. The molecule has 0 amide bonds. The number of likely N-dealkylation sites (tertiary alicyclic amines) is 1. The van der Waals surface area contributed by atoms with E-state index >= 15 is 0 Å². The maximum Gasteiger partial charge on any atom is 0.124 e. The lowest BCUT2D eigenvalue weighted by atomic mass is 9.81. The second-order valence-corrected chi connectivity index (χ2v) is 7.11. The lowest BCUT2D eigenvalue weighted by Crippen LogP contribution is -2.62. The number of hydrogen-bond acceptors (Lipinski definition) is 4. The minimum Gasteiger partial charge on any atom is -0.382 e. The summed E-state index contributed by atoms with van der Waals surface area (Å²) in [6.45, 7) is 4.03. The van der Waals surface area contributed by atoms with Crippen molar-refractivity contribution in [3.8, 4) is 0 Å². The smallest absolute Gasteiger partial charge is 0.124 e.